The van der Waals surface area contributed by atoms with Gasteiger partial charge in [-0.1, -0.05) is 19.1 Å². The van der Waals surface area contributed by atoms with E-state index >= 15 is 0 Å². The van der Waals surface area contributed by atoms with Crippen LogP contribution in [0.25, 0.3) is 0 Å². The van der Waals surface area contributed by atoms with Crippen molar-refractivity contribution in [2.75, 3.05) is 13.1 Å². The van der Waals surface area contributed by atoms with E-state index in [1.54, 1.807) is 6.07 Å². The third kappa shape index (κ3) is 4.10. The second kappa shape index (κ2) is 6.32. The molecule has 0 aliphatic heterocycles. The molecular weight excluding hydrogens is 315 g/mol. The molecule has 0 saturated carbocycles. The Bertz CT molecular complexity index is 573. The van der Waals surface area contributed by atoms with Crippen molar-refractivity contribution in [3.8, 4) is 0 Å². The number of hydrogen-bond donors (Lipinski definition) is 0. The van der Waals surface area contributed by atoms with Crippen molar-refractivity contribution in [2.45, 2.75) is 30.8 Å². The monoisotopic (exact) mass is 329 g/mol. The Labute approximate surface area is 121 Å². The molecule has 0 N–H and O–H groups in total. The minimum absolute atomic E-state index is 0.0915. The SMILES string of the molecule is CCN(CC(F)(F)F)S(=O)(=O)c1cc(CCl)ccc1C. The third-order valence-corrected chi connectivity index (χ3v) is 5.10. The molecule has 1 rings (SSSR count). The lowest BCUT2D eigenvalue weighted by atomic mass is 10.2. The summed E-state index contributed by atoms with van der Waals surface area (Å²) in [5.74, 6) is 0.0915. The number of benzene rings is 1. The quantitative estimate of drug-likeness (QED) is 0.777. The van der Waals surface area contributed by atoms with Gasteiger partial charge in [0.05, 0.1) is 4.90 Å². The Balaban J connectivity index is 3.27. The molecule has 0 amide bonds. The van der Waals surface area contributed by atoms with E-state index in [1.165, 1.54) is 26.0 Å². The molecule has 0 saturated heterocycles. The van der Waals surface area contributed by atoms with Crippen LogP contribution in [-0.4, -0.2) is 32.0 Å². The van der Waals surface area contributed by atoms with Crippen LogP contribution >= 0.6 is 11.6 Å². The molecule has 114 valence electrons. The second-order valence-corrected chi connectivity index (χ2v) is 6.45. The van der Waals surface area contributed by atoms with Gasteiger partial charge in [0.2, 0.25) is 10.0 Å². The normalized spacial score (nSPS) is 12.9. The van der Waals surface area contributed by atoms with Gasteiger partial charge in [-0.25, -0.2) is 8.42 Å². The van der Waals surface area contributed by atoms with Gasteiger partial charge in [-0.3, -0.25) is 0 Å². The van der Waals surface area contributed by atoms with E-state index in [0.29, 0.717) is 15.4 Å². The minimum Gasteiger partial charge on any atom is -0.207 e. The number of rotatable bonds is 5. The van der Waals surface area contributed by atoms with Crippen molar-refractivity contribution >= 4 is 21.6 Å². The fraction of sp³-hybridized carbons (Fsp3) is 0.500. The van der Waals surface area contributed by atoms with Crippen molar-refractivity contribution < 1.29 is 21.6 Å². The zero-order valence-corrected chi connectivity index (χ0v) is 12.6. The molecule has 0 fully saturated rings. The lowest BCUT2D eigenvalue weighted by Gasteiger charge is -2.23. The fourth-order valence-electron chi connectivity index (χ4n) is 1.71. The smallest absolute Gasteiger partial charge is 0.207 e. The number of nitrogens with zero attached hydrogens (tertiary/aromatic N) is 1. The summed E-state index contributed by atoms with van der Waals surface area (Å²) in [6, 6.07) is 4.49. The maximum Gasteiger partial charge on any atom is 0.402 e. The molecule has 1 aromatic rings. The Morgan fingerprint density at radius 2 is 1.90 bits per heavy atom. The van der Waals surface area contributed by atoms with E-state index in [1.807, 2.05) is 0 Å². The second-order valence-electron chi connectivity index (χ2n) is 4.28. The lowest BCUT2D eigenvalue weighted by molar-refractivity contribution is -0.135. The van der Waals surface area contributed by atoms with Gasteiger partial charge in [-0.15, -0.1) is 11.6 Å². The number of alkyl halides is 4. The van der Waals surface area contributed by atoms with Crippen LogP contribution in [0.3, 0.4) is 0 Å². The number of aryl methyl sites for hydroxylation is 1. The minimum atomic E-state index is -4.58. The molecule has 0 spiro atoms. The predicted molar refractivity (Wildman–Crippen MR) is 71.2 cm³/mol. The van der Waals surface area contributed by atoms with E-state index in [0.717, 1.165) is 0 Å². The van der Waals surface area contributed by atoms with Crippen LogP contribution in [0.5, 0.6) is 0 Å². The van der Waals surface area contributed by atoms with E-state index in [2.05, 4.69) is 0 Å². The molecule has 0 bridgehead atoms. The molecule has 1 aromatic carbocycles. The van der Waals surface area contributed by atoms with Crippen LogP contribution in [0.1, 0.15) is 18.1 Å². The summed E-state index contributed by atoms with van der Waals surface area (Å²) in [7, 11) is -4.19. The summed E-state index contributed by atoms with van der Waals surface area (Å²) in [5.41, 5.74) is 0.929. The van der Waals surface area contributed by atoms with Gasteiger partial charge in [0.15, 0.2) is 0 Å². The van der Waals surface area contributed by atoms with Crippen molar-refractivity contribution in [1.82, 2.24) is 4.31 Å². The molecule has 0 aromatic heterocycles. The highest BCUT2D eigenvalue weighted by molar-refractivity contribution is 7.89. The number of hydrogen-bond acceptors (Lipinski definition) is 2. The summed E-state index contributed by atoms with van der Waals surface area (Å²) >= 11 is 5.63. The van der Waals surface area contributed by atoms with E-state index < -0.39 is 22.7 Å². The maximum atomic E-state index is 12.5. The van der Waals surface area contributed by atoms with E-state index in [-0.39, 0.29) is 17.3 Å². The number of sulfonamides is 1. The van der Waals surface area contributed by atoms with Crippen molar-refractivity contribution in [3.05, 3.63) is 29.3 Å². The van der Waals surface area contributed by atoms with Crippen LogP contribution in [0.15, 0.2) is 23.1 Å². The van der Waals surface area contributed by atoms with Crippen LogP contribution < -0.4 is 0 Å². The molecule has 0 atom stereocenters. The zero-order valence-electron chi connectivity index (χ0n) is 11.0. The van der Waals surface area contributed by atoms with Gasteiger partial charge in [0.25, 0.3) is 0 Å². The predicted octanol–water partition coefficient (Wildman–Crippen LogP) is 3.31. The third-order valence-electron chi connectivity index (χ3n) is 2.73. The molecule has 3 nitrogen and oxygen atoms in total. The summed E-state index contributed by atoms with van der Waals surface area (Å²) in [6.45, 7) is 1.14. The first-order valence-electron chi connectivity index (χ1n) is 5.84. The summed E-state index contributed by atoms with van der Waals surface area (Å²) in [5, 5.41) is 0. The fourth-order valence-corrected chi connectivity index (χ4v) is 3.59. The molecule has 0 radical (unpaired) electrons. The maximum absolute atomic E-state index is 12.5. The van der Waals surface area contributed by atoms with E-state index in [4.69, 9.17) is 11.6 Å². The highest BCUT2D eigenvalue weighted by Gasteiger charge is 2.36. The standard InChI is InChI=1S/C12H15ClF3NO2S/c1-3-17(8-12(14,15)16)20(18,19)11-6-10(7-13)5-4-9(11)2/h4-6H,3,7-8H2,1-2H3. The Hall–Kier alpha value is -0.790. The lowest BCUT2D eigenvalue weighted by Crippen LogP contribution is -2.39. The zero-order chi connectivity index (χ0) is 15.6. The Morgan fingerprint density at radius 3 is 2.35 bits per heavy atom. The first-order valence-corrected chi connectivity index (χ1v) is 7.81. The highest BCUT2D eigenvalue weighted by atomic mass is 35.5. The van der Waals surface area contributed by atoms with Gasteiger partial charge in [-0.2, -0.15) is 17.5 Å². The summed E-state index contributed by atoms with van der Waals surface area (Å²) in [4.78, 5) is -0.137. The van der Waals surface area contributed by atoms with Crippen molar-refractivity contribution in [2.24, 2.45) is 0 Å². The Morgan fingerprint density at radius 1 is 1.30 bits per heavy atom. The van der Waals surface area contributed by atoms with Crippen molar-refractivity contribution in [3.63, 3.8) is 0 Å². The summed E-state index contributed by atoms with van der Waals surface area (Å²) < 4.78 is 62.4. The molecule has 0 heterocycles. The summed E-state index contributed by atoms with van der Waals surface area (Å²) in [6.07, 6.45) is -4.58. The average Bonchev–Trinajstić information content (AvgIpc) is 2.35. The van der Waals surface area contributed by atoms with Gasteiger partial charge in [-0.05, 0) is 24.1 Å². The average molecular weight is 330 g/mol. The van der Waals surface area contributed by atoms with E-state index in [9.17, 15) is 21.6 Å². The molecule has 0 aliphatic carbocycles. The van der Waals surface area contributed by atoms with Crippen molar-refractivity contribution in [1.29, 1.82) is 0 Å². The molecule has 8 heteroatoms. The molecule has 20 heavy (non-hydrogen) atoms. The van der Waals surface area contributed by atoms with Crippen LogP contribution in [0.2, 0.25) is 0 Å². The van der Waals surface area contributed by atoms with Gasteiger partial charge in [0.1, 0.15) is 6.54 Å². The van der Waals surface area contributed by atoms with Gasteiger partial charge in [0, 0.05) is 12.4 Å². The molecule has 0 aliphatic rings. The first kappa shape index (κ1) is 17.3. The number of halogens is 4. The van der Waals surface area contributed by atoms with Crippen LogP contribution in [0, 0.1) is 6.92 Å². The first-order chi connectivity index (χ1) is 9.11. The van der Waals surface area contributed by atoms with Crippen LogP contribution in [0.4, 0.5) is 13.2 Å². The topological polar surface area (TPSA) is 37.4 Å². The van der Waals surface area contributed by atoms with Crippen LogP contribution in [-0.2, 0) is 15.9 Å². The van der Waals surface area contributed by atoms with Gasteiger partial charge < -0.3 is 0 Å². The highest BCUT2D eigenvalue weighted by Crippen LogP contribution is 2.25. The molecular formula is C12H15ClF3NO2S. The largest absolute Gasteiger partial charge is 0.402 e. The Kier molecular flexibility index (Phi) is 5.46. The van der Waals surface area contributed by atoms with Gasteiger partial charge >= 0.3 is 6.18 Å². The molecule has 0 unspecified atom stereocenters.